The zero-order chi connectivity index (χ0) is 20.6. The summed E-state index contributed by atoms with van der Waals surface area (Å²) < 4.78 is 10.8. The van der Waals surface area contributed by atoms with Gasteiger partial charge in [0.05, 0.1) is 0 Å². The van der Waals surface area contributed by atoms with Crippen molar-refractivity contribution in [1.82, 2.24) is 15.4 Å². The van der Waals surface area contributed by atoms with Crippen LogP contribution in [0.25, 0.3) is 0 Å². The van der Waals surface area contributed by atoms with E-state index < -0.39 is 15.9 Å². The van der Waals surface area contributed by atoms with Gasteiger partial charge in [-0.1, -0.05) is 7.43 Å². The van der Waals surface area contributed by atoms with E-state index in [0.29, 0.717) is 22.2 Å². The molecule has 178 valence electrons. The second-order valence-corrected chi connectivity index (χ2v) is 18.8. The third-order valence-corrected chi connectivity index (χ3v) is 17.7. The van der Waals surface area contributed by atoms with E-state index in [2.05, 4.69) is 98.5 Å². The van der Waals surface area contributed by atoms with Gasteiger partial charge >= 0.3 is 226 Å². The summed E-state index contributed by atoms with van der Waals surface area (Å²) in [5.74, 6) is 0. The number of hydrogen-bond donors (Lipinski definition) is 0. The Labute approximate surface area is 231 Å². The van der Waals surface area contributed by atoms with Crippen molar-refractivity contribution in [1.29, 1.82) is 0 Å². The van der Waals surface area contributed by atoms with Crippen LogP contribution in [0.3, 0.4) is 0 Å². The molecule has 29 heavy (non-hydrogen) atoms. The van der Waals surface area contributed by atoms with E-state index in [1.165, 1.54) is 26.2 Å². The van der Waals surface area contributed by atoms with Crippen LogP contribution in [-0.2, 0) is 0 Å². The first-order valence-corrected chi connectivity index (χ1v) is 15.1. The standard InChI is InChI=1S/C10H24GeN2.C10H23GeN2.CH4.H2Te.HTe/c2*1-9(2,3)12-7-8-13(11-12)10(4,5)6;;;/h7-8,11H2,1-6H3;11H,7-8H2,1-6H3;1H4;1H2;1H. The Kier molecular flexibility index (Phi) is 16.7. The first kappa shape index (κ1) is 36.1. The summed E-state index contributed by atoms with van der Waals surface area (Å²) in [6.45, 7) is 33.1. The molecule has 2 heterocycles. The first-order chi connectivity index (χ1) is 11.4. The van der Waals surface area contributed by atoms with Gasteiger partial charge in [-0.05, 0) is 0 Å². The molecule has 0 aliphatic carbocycles. The second-order valence-electron chi connectivity index (χ2n) is 11.9. The Morgan fingerprint density at radius 2 is 0.828 bits per heavy atom. The van der Waals surface area contributed by atoms with Crippen molar-refractivity contribution >= 4 is 79.1 Å². The molecule has 0 unspecified atom stereocenters. The normalized spacial score (nSPS) is 20.3. The average Bonchev–Trinajstić information content (AvgIpc) is 3.06. The Bertz CT molecular complexity index is 370. The summed E-state index contributed by atoms with van der Waals surface area (Å²) in [6.07, 6.45) is 0. The Balaban J connectivity index is -0.000000422. The van der Waals surface area contributed by atoms with E-state index in [-0.39, 0.29) is 70.6 Å². The first-order valence-electron chi connectivity index (χ1n) is 10.3. The fourth-order valence-corrected chi connectivity index (χ4v) is 10.2. The van der Waals surface area contributed by atoms with Crippen molar-refractivity contribution in [2.45, 2.75) is 113 Å². The van der Waals surface area contributed by atoms with Gasteiger partial charge in [0.25, 0.3) is 0 Å². The van der Waals surface area contributed by atoms with Crippen molar-refractivity contribution in [3.8, 4) is 0 Å². The van der Waals surface area contributed by atoms with Crippen LogP contribution in [0.2, 0.25) is 0 Å². The molecule has 0 aromatic heterocycles. The minimum absolute atomic E-state index is 0. The van der Waals surface area contributed by atoms with Crippen molar-refractivity contribution < 1.29 is 0 Å². The molecule has 0 aromatic carbocycles. The molecule has 0 N–H and O–H groups in total. The average molecular weight is 763 g/mol. The Morgan fingerprint density at radius 3 is 0.966 bits per heavy atom. The van der Waals surface area contributed by atoms with Gasteiger partial charge in [-0.15, -0.1) is 0 Å². The fraction of sp³-hybridized carbons (Fsp3) is 1.00. The SMILES string of the molecule is C.CC(C)(C)[N]1CC[N](C(C)(C)C)[GeH2]1.CC(C)(C)[N]1CC[N](C(C)(C)C)[GeH]1.[TeH2].[TeH]. The molecule has 0 aromatic rings. The van der Waals surface area contributed by atoms with Crippen LogP contribution < -0.4 is 0 Å². The molecule has 0 spiro atoms. The van der Waals surface area contributed by atoms with Crippen LogP contribution in [0.4, 0.5) is 0 Å². The maximum absolute atomic E-state index is 2.73. The fourth-order valence-electron chi connectivity index (χ4n) is 3.20. The van der Waals surface area contributed by atoms with Crippen molar-refractivity contribution in [2.75, 3.05) is 26.2 Å². The third kappa shape index (κ3) is 12.5. The molecular weight excluding hydrogens is 709 g/mol. The van der Waals surface area contributed by atoms with Crippen LogP contribution in [0.1, 0.15) is 90.5 Å². The van der Waals surface area contributed by atoms with Gasteiger partial charge in [-0.25, -0.2) is 0 Å². The van der Waals surface area contributed by atoms with E-state index in [1.807, 2.05) is 0 Å². The zero-order valence-corrected chi connectivity index (χ0v) is 31.6. The zero-order valence-electron chi connectivity index (χ0n) is 20.8. The van der Waals surface area contributed by atoms with E-state index in [1.54, 1.807) is 0 Å². The molecule has 0 amide bonds. The summed E-state index contributed by atoms with van der Waals surface area (Å²) in [4.78, 5) is 0. The molecule has 4 nitrogen and oxygen atoms in total. The molecule has 0 atom stereocenters. The minimum atomic E-state index is -0.622. The summed E-state index contributed by atoms with van der Waals surface area (Å²) in [7, 11) is 0. The van der Waals surface area contributed by atoms with Crippen molar-refractivity contribution in [3.05, 3.63) is 0 Å². The molecule has 2 fully saturated rings. The maximum atomic E-state index is 2.73. The van der Waals surface area contributed by atoms with Crippen molar-refractivity contribution in [2.24, 2.45) is 0 Å². The monoisotopic (exact) mass is 770 g/mol. The molecular formula is C21H54Ge2N4Te2. The van der Waals surface area contributed by atoms with E-state index in [4.69, 9.17) is 0 Å². The van der Waals surface area contributed by atoms with Gasteiger partial charge in [0.1, 0.15) is 0 Å². The van der Waals surface area contributed by atoms with Gasteiger partial charge in [-0.3, -0.25) is 0 Å². The van der Waals surface area contributed by atoms with E-state index in [9.17, 15) is 0 Å². The number of hydrogen-bond acceptors (Lipinski definition) is 4. The molecule has 2 aliphatic rings. The molecule has 2 aliphatic heterocycles. The van der Waals surface area contributed by atoms with Crippen molar-refractivity contribution in [3.63, 3.8) is 0 Å². The van der Waals surface area contributed by atoms with E-state index in [0.717, 1.165) is 0 Å². The second kappa shape index (κ2) is 13.4. The topological polar surface area (TPSA) is 13.0 Å². The quantitative estimate of drug-likeness (QED) is 0.349. The van der Waals surface area contributed by atoms with Gasteiger partial charge < -0.3 is 0 Å². The Hall–Kier alpha value is 2.50. The predicted molar refractivity (Wildman–Crippen MR) is 144 cm³/mol. The Morgan fingerprint density at radius 1 is 0.552 bits per heavy atom. The van der Waals surface area contributed by atoms with Gasteiger partial charge in [-0.2, -0.15) is 0 Å². The molecule has 8 heteroatoms. The summed E-state index contributed by atoms with van der Waals surface area (Å²) >= 11 is -0.953. The van der Waals surface area contributed by atoms with Gasteiger partial charge in [0.2, 0.25) is 0 Å². The molecule has 2 saturated heterocycles. The summed E-state index contributed by atoms with van der Waals surface area (Å²) in [5.41, 5.74) is 1.58. The molecule has 2 rings (SSSR count). The summed E-state index contributed by atoms with van der Waals surface area (Å²) in [5, 5.41) is 0. The molecule has 0 bridgehead atoms. The van der Waals surface area contributed by atoms with Crippen LogP contribution in [0.5, 0.6) is 0 Å². The number of rotatable bonds is 0. The van der Waals surface area contributed by atoms with Gasteiger partial charge in [0.15, 0.2) is 0 Å². The van der Waals surface area contributed by atoms with Crippen LogP contribution in [-0.4, -0.2) is 143 Å². The third-order valence-electron chi connectivity index (χ3n) is 5.46. The van der Waals surface area contributed by atoms with Crippen LogP contribution in [0, 0.1) is 0 Å². The summed E-state index contributed by atoms with van der Waals surface area (Å²) in [6, 6.07) is 0. The van der Waals surface area contributed by atoms with Crippen LogP contribution >= 0.6 is 0 Å². The van der Waals surface area contributed by atoms with Crippen LogP contribution in [0.15, 0.2) is 0 Å². The molecule has 0 saturated carbocycles. The predicted octanol–water partition coefficient (Wildman–Crippen LogP) is 1.74. The molecule has 2 radical (unpaired) electrons. The number of nitrogens with zero attached hydrogens (tertiary/aromatic N) is 4. The van der Waals surface area contributed by atoms with Gasteiger partial charge in [0, 0.05) is 0 Å². The van der Waals surface area contributed by atoms with E-state index >= 15 is 0 Å².